The van der Waals surface area contributed by atoms with E-state index < -0.39 is 5.82 Å². The summed E-state index contributed by atoms with van der Waals surface area (Å²) in [6, 6.07) is 12.0. The molecule has 1 aliphatic heterocycles. The van der Waals surface area contributed by atoms with Gasteiger partial charge in [-0.2, -0.15) is 0 Å². The Morgan fingerprint density at radius 1 is 1.13 bits per heavy atom. The number of carbonyl (C=O) groups excluding carboxylic acids is 1. The number of halogens is 2. The summed E-state index contributed by atoms with van der Waals surface area (Å²) in [5.41, 5.74) is 2.01. The van der Waals surface area contributed by atoms with Crippen molar-refractivity contribution in [2.45, 2.75) is 26.5 Å². The van der Waals surface area contributed by atoms with Gasteiger partial charge in [-0.15, -0.1) is 0 Å². The Morgan fingerprint density at radius 3 is 2.55 bits per heavy atom. The Kier molecular flexibility index (Phi) is 8.26. The average molecular weight is 447 g/mol. The Bertz CT molecular complexity index is 930. The summed E-state index contributed by atoms with van der Waals surface area (Å²) in [4.78, 5) is 21.3. The lowest BCUT2D eigenvalue weighted by atomic mass is 10.1. The molecule has 3 rings (SSSR count). The first-order valence-electron chi connectivity index (χ1n) is 10.4. The van der Waals surface area contributed by atoms with Crippen LogP contribution in [0.3, 0.4) is 0 Å². The Balaban J connectivity index is 1.58. The van der Waals surface area contributed by atoms with Crippen molar-refractivity contribution < 1.29 is 14.3 Å². The number of hydrogen-bond donors (Lipinski definition) is 2. The third-order valence-corrected chi connectivity index (χ3v) is 5.44. The number of carbonyl (C=O) groups is 1. The molecule has 166 valence electrons. The van der Waals surface area contributed by atoms with E-state index in [9.17, 15) is 14.3 Å². The van der Waals surface area contributed by atoms with Gasteiger partial charge in [-0.3, -0.25) is 4.79 Å². The number of aliphatic hydroxyl groups is 1. The van der Waals surface area contributed by atoms with Crippen molar-refractivity contribution in [3.63, 3.8) is 0 Å². The molecule has 2 aromatic rings. The van der Waals surface area contributed by atoms with Gasteiger partial charge in [-0.1, -0.05) is 29.8 Å². The largest absolute Gasteiger partial charge is 0.392 e. The molecule has 8 heteroatoms. The van der Waals surface area contributed by atoms with Crippen molar-refractivity contribution in [2.75, 3.05) is 32.7 Å². The second-order valence-electron chi connectivity index (χ2n) is 7.43. The molecule has 1 amide bonds. The molecule has 1 saturated heterocycles. The molecule has 31 heavy (non-hydrogen) atoms. The summed E-state index contributed by atoms with van der Waals surface area (Å²) in [7, 11) is 0. The van der Waals surface area contributed by atoms with E-state index in [4.69, 9.17) is 11.6 Å². The minimum atomic E-state index is -0.416. The van der Waals surface area contributed by atoms with Crippen LogP contribution in [-0.2, 0) is 24.4 Å². The highest BCUT2D eigenvalue weighted by molar-refractivity contribution is 6.30. The second-order valence-corrected chi connectivity index (χ2v) is 7.87. The molecule has 0 atom stereocenters. The van der Waals surface area contributed by atoms with Crippen LogP contribution < -0.4 is 5.32 Å². The maximum absolute atomic E-state index is 13.6. The number of nitrogens with one attached hydrogen (secondary N) is 1. The van der Waals surface area contributed by atoms with Crippen molar-refractivity contribution in [1.29, 1.82) is 0 Å². The Hall–Kier alpha value is -2.64. The van der Waals surface area contributed by atoms with E-state index in [0.29, 0.717) is 44.2 Å². The summed E-state index contributed by atoms with van der Waals surface area (Å²) in [6.45, 7) is 5.36. The highest BCUT2D eigenvalue weighted by Gasteiger charge is 2.23. The smallest absolute Gasteiger partial charge is 0.227 e. The number of amides is 1. The molecule has 0 bridgehead atoms. The number of aliphatic imine (C=N–C) groups is 1. The molecular weight excluding hydrogens is 419 g/mol. The average Bonchev–Trinajstić information content (AvgIpc) is 2.77. The molecule has 6 nitrogen and oxygen atoms in total. The second kappa shape index (κ2) is 11.1. The van der Waals surface area contributed by atoms with Crippen LogP contribution in [0, 0.1) is 5.82 Å². The minimum absolute atomic E-state index is 0.0895. The molecule has 1 heterocycles. The zero-order chi connectivity index (χ0) is 22.2. The first-order valence-corrected chi connectivity index (χ1v) is 10.8. The molecule has 1 aliphatic rings. The zero-order valence-corrected chi connectivity index (χ0v) is 18.4. The molecule has 2 aromatic carbocycles. The Morgan fingerprint density at radius 2 is 1.87 bits per heavy atom. The normalized spacial score (nSPS) is 14.6. The monoisotopic (exact) mass is 446 g/mol. The molecule has 0 unspecified atom stereocenters. The summed E-state index contributed by atoms with van der Waals surface area (Å²) in [5.74, 6) is 0.437. The van der Waals surface area contributed by atoms with Crippen LogP contribution in [-0.4, -0.2) is 59.5 Å². The molecule has 0 spiro atoms. The van der Waals surface area contributed by atoms with E-state index in [1.807, 2.05) is 30.0 Å². The van der Waals surface area contributed by atoms with Gasteiger partial charge in [0.05, 0.1) is 19.6 Å². The van der Waals surface area contributed by atoms with E-state index >= 15 is 0 Å². The van der Waals surface area contributed by atoms with Crippen LogP contribution in [0.1, 0.15) is 23.6 Å². The predicted octanol–water partition coefficient (Wildman–Crippen LogP) is 2.82. The lowest BCUT2D eigenvalue weighted by Gasteiger charge is -2.36. The van der Waals surface area contributed by atoms with Crippen molar-refractivity contribution >= 4 is 23.5 Å². The van der Waals surface area contributed by atoms with E-state index in [0.717, 1.165) is 23.6 Å². The highest BCUT2D eigenvalue weighted by Crippen LogP contribution is 2.14. The van der Waals surface area contributed by atoms with Crippen LogP contribution in [0.4, 0.5) is 4.39 Å². The lowest BCUT2D eigenvalue weighted by molar-refractivity contribution is -0.131. The van der Waals surface area contributed by atoms with E-state index in [1.54, 1.807) is 18.2 Å². The first kappa shape index (κ1) is 23.0. The highest BCUT2D eigenvalue weighted by atomic mass is 35.5. The number of guanidine groups is 1. The van der Waals surface area contributed by atoms with Crippen molar-refractivity contribution in [1.82, 2.24) is 15.1 Å². The molecule has 0 saturated carbocycles. The maximum atomic E-state index is 13.6. The molecule has 2 N–H and O–H groups in total. The summed E-state index contributed by atoms with van der Waals surface area (Å²) in [5, 5.41) is 13.2. The summed E-state index contributed by atoms with van der Waals surface area (Å²) in [6.07, 6.45) is 0.340. The van der Waals surface area contributed by atoms with Crippen molar-refractivity contribution in [3.8, 4) is 0 Å². The zero-order valence-electron chi connectivity index (χ0n) is 17.7. The number of benzene rings is 2. The van der Waals surface area contributed by atoms with Gasteiger partial charge in [0.2, 0.25) is 5.91 Å². The quantitative estimate of drug-likeness (QED) is 0.529. The number of rotatable bonds is 6. The minimum Gasteiger partial charge on any atom is -0.392 e. The van der Waals surface area contributed by atoms with Gasteiger partial charge >= 0.3 is 0 Å². The first-order chi connectivity index (χ1) is 15.0. The van der Waals surface area contributed by atoms with E-state index in [1.165, 1.54) is 6.07 Å². The van der Waals surface area contributed by atoms with Gasteiger partial charge < -0.3 is 20.2 Å². The van der Waals surface area contributed by atoms with Crippen molar-refractivity contribution in [2.24, 2.45) is 4.99 Å². The van der Waals surface area contributed by atoms with Gasteiger partial charge in [-0.25, -0.2) is 9.38 Å². The van der Waals surface area contributed by atoms with E-state index in [2.05, 4.69) is 15.2 Å². The fourth-order valence-electron chi connectivity index (χ4n) is 3.54. The predicted molar refractivity (Wildman–Crippen MR) is 120 cm³/mol. The standard InChI is InChI=1S/C23H28ClFN4O2/c1-2-26-23(27-15-18-6-7-21(25)19(12-18)16-30)29-10-8-28(9-11-29)22(31)14-17-4-3-5-20(24)13-17/h3-7,12-13,30H,2,8-11,14-16H2,1H3,(H,26,27). The van der Waals surface area contributed by atoms with Gasteiger partial charge in [0, 0.05) is 43.3 Å². The van der Waals surface area contributed by atoms with Gasteiger partial charge in [0.15, 0.2) is 5.96 Å². The van der Waals surface area contributed by atoms with Crippen molar-refractivity contribution in [3.05, 3.63) is 70.0 Å². The number of nitrogens with zero attached hydrogens (tertiary/aromatic N) is 3. The summed E-state index contributed by atoms with van der Waals surface area (Å²) >= 11 is 6.01. The van der Waals surface area contributed by atoms with Gasteiger partial charge in [0.25, 0.3) is 0 Å². The maximum Gasteiger partial charge on any atom is 0.227 e. The Labute approximate surface area is 187 Å². The summed E-state index contributed by atoms with van der Waals surface area (Å²) < 4.78 is 13.6. The molecule has 0 aliphatic carbocycles. The van der Waals surface area contributed by atoms with Crippen LogP contribution in [0.15, 0.2) is 47.5 Å². The van der Waals surface area contributed by atoms with Crippen LogP contribution in [0.25, 0.3) is 0 Å². The van der Waals surface area contributed by atoms with Crippen LogP contribution >= 0.6 is 11.6 Å². The molecule has 0 aromatic heterocycles. The van der Waals surface area contributed by atoms with Crippen LogP contribution in [0.5, 0.6) is 0 Å². The number of aliphatic hydroxyl groups excluding tert-OH is 1. The molecular formula is C23H28ClFN4O2. The van der Waals surface area contributed by atoms with Crippen LogP contribution in [0.2, 0.25) is 5.02 Å². The fraction of sp³-hybridized carbons (Fsp3) is 0.391. The molecule has 1 fully saturated rings. The topological polar surface area (TPSA) is 68.2 Å². The fourth-order valence-corrected chi connectivity index (χ4v) is 3.75. The van der Waals surface area contributed by atoms with E-state index in [-0.39, 0.29) is 18.1 Å². The number of piperazine rings is 1. The number of hydrogen-bond acceptors (Lipinski definition) is 3. The molecule has 0 radical (unpaired) electrons. The SMILES string of the molecule is CCNC(=NCc1ccc(F)c(CO)c1)N1CCN(C(=O)Cc2cccc(Cl)c2)CC1. The third-order valence-electron chi connectivity index (χ3n) is 5.20. The van der Waals surface area contributed by atoms with Gasteiger partial charge in [0.1, 0.15) is 5.82 Å². The third kappa shape index (κ3) is 6.42. The lowest BCUT2D eigenvalue weighted by Crippen LogP contribution is -2.54. The van der Waals surface area contributed by atoms with Gasteiger partial charge in [-0.05, 0) is 42.3 Å².